The maximum absolute atomic E-state index is 13.9. The van der Waals surface area contributed by atoms with Crippen LogP contribution in [0.1, 0.15) is 11.1 Å². The number of aliphatic hydroxyl groups excluding tert-OH is 2. The lowest BCUT2D eigenvalue weighted by Gasteiger charge is -2.18. The van der Waals surface area contributed by atoms with E-state index < -0.39 is 45.4 Å². The van der Waals surface area contributed by atoms with Crippen molar-refractivity contribution in [3.63, 3.8) is 0 Å². The molecule has 0 bridgehead atoms. The first-order valence-corrected chi connectivity index (χ1v) is 11.0. The number of H-pyrrole nitrogens is 1. The molecule has 1 aromatic heterocycles. The molecule has 0 unspecified atom stereocenters. The molecule has 0 saturated carbocycles. The highest BCUT2D eigenvalue weighted by atomic mass is 35.5. The van der Waals surface area contributed by atoms with Crippen molar-refractivity contribution in [1.82, 2.24) is 19.9 Å². The van der Waals surface area contributed by atoms with Crippen LogP contribution in [0.25, 0.3) is 11.1 Å². The summed E-state index contributed by atoms with van der Waals surface area (Å²) in [5.41, 5.74) is 3.51. The number of anilines is 3. The fourth-order valence-electron chi connectivity index (χ4n) is 3.00. The molecular formula is C18H18ClF3N6O4S. The maximum atomic E-state index is 13.9. The van der Waals surface area contributed by atoms with Crippen molar-refractivity contribution in [1.29, 1.82) is 0 Å². The Morgan fingerprint density at radius 2 is 1.91 bits per heavy atom. The second-order valence-corrected chi connectivity index (χ2v) is 8.79. The van der Waals surface area contributed by atoms with Gasteiger partial charge in [-0.25, -0.2) is 18.2 Å². The molecule has 10 nitrogen and oxygen atoms in total. The molecule has 33 heavy (non-hydrogen) atoms. The van der Waals surface area contributed by atoms with Gasteiger partial charge in [-0.1, -0.05) is 23.7 Å². The quantitative estimate of drug-likeness (QED) is 0.270. The van der Waals surface area contributed by atoms with Crippen LogP contribution in [-0.2, 0) is 22.8 Å². The molecule has 7 N–H and O–H groups in total. The van der Waals surface area contributed by atoms with Gasteiger partial charge >= 0.3 is 6.18 Å². The number of benzene rings is 2. The molecular weight excluding hydrogens is 489 g/mol. The first-order valence-electron chi connectivity index (χ1n) is 9.16. The van der Waals surface area contributed by atoms with Crippen molar-refractivity contribution in [3.8, 4) is 11.1 Å². The molecule has 3 aromatic rings. The molecule has 2 aromatic carbocycles. The molecule has 0 aliphatic heterocycles. The molecule has 0 aliphatic rings. The smallest absolute Gasteiger partial charge is 0.395 e. The van der Waals surface area contributed by atoms with Crippen molar-refractivity contribution in [2.24, 2.45) is 0 Å². The summed E-state index contributed by atoms with van der Waals surface area (Å²) in [6.45, 7) is -1.50. The average molecular weight is 507 g/mol. The van der Waals surface area contributed by atoms with E-state index in [1.54, 1.807) is 0 Å². The van der Waals surface area contributed by atoms with E-state index in [9.17, 15) is 26.7 Å². The van der Waals surface area contributed by atoms with Crippen molar-refractivity contribution >= 4 is 39.2 Å². The standard InChI is InChI=1S/C18H18ClF3N6O4S/c19-13-7-11(25-17-26-16(23)27-28-17)6-12(18(20,21)22)15(13)9-1-2-10(8-30)14(5-9)33(31,32)24-3-4-29/h1-2,5-7,24,29-30H,3-4,8H2,(H4,23,25,26,27,28). The molecule has 0 atom stereocenters. The third kappa shape index (κ3) is 5.54. The number of sulfonamides is 1. The number of aliphatic hydroxyl groups is 2. The zero-order chi connectivity index (χ0) is 24.4. The van der Waals surface area contributed by atoms with Crippen LogP contribution < -0.4 is 15.8 Å². The van der Waals surface area contributed by atoms with Gasteiger partial charge in [0.15, 0.2) is 0 Å². The number of hydrogen-bond acceptors (Lipinski definition) is 8. The van der Waals surface area contributed by atoms with E-state index in [1.807, 2.05) is 0 Å². The zero-order valence-corrected chi connectivity index (χ0v) is 18.2. The molecule has 0 spiro atoms. The summed E-state index contributed by atoms with van der Waals surface area (Å²) < 4.78 is 69.0. The number of rotatable bonds is 8. The Morgan fingerprint density at radius 1 is 1.18 bits per heavy atom. The normalized spacial score (nSPS) is 12.2. The molecule has 0 amide bonds. The van der Waals surface area contributed by atoms with E-state index in [1.165, 1.54) is 18.2 Å². The second kappa shape index (κ2) is 9.52. The number of aromatic nitrogens is 3. The number of aromatic amines is 1. The number of halogens is 4. The van der Waals surface area contributed by atoms with Crippen LogP contribution in [-0.4, -0.2) is 47.0 Å². The average Bonchev–Trinajstić information content (AvgIpc) is 3.15. The van der Waals surface area contributed by atoms with Crippen LogP contribution in [0.2, 0.25) is 5.02 Å². The second-order valence-electron chi connectivity index (χ2n) is 6.65. The van der Waals surface area contributed by atoms with Gasteiger partial charge in [0.2, 0.25) is 21.9 Å². The summed E-state index contributed by atoms with van der Waals surface area (Å²) in [5.74, 6) is -0.135. The Balaban J connectivity index is 2.16. The van der Waals surface area contributed by atoms with Crippen LogP contribution in [0.3, 0.4) is 0 Å². The van der Waals surface area contributed by atoms with E-state index in [0.29, 0.717) is 0 Å². The van der Waals surface area contributed by atoms with Crippen LogP contribution in [0.4, 0.5) is 30.8 Å². The number of nitrogens with zero attached hydrogens (tertiary/aromatic N) is 2. The van der Waals surface area contributed by atoms with Crippen LogP contribution in [0.5, 0.6) is 0 Å². The van der Waals surface area contributed by atoms with E-state index in [0.717, 1.165) is 12.1 Å². The summed E-state index contributed by atoms with van der Waals surface area (Å²) in [4.78, 5) is 3.31. The minimum absolute atomic E-state index is 0.0469. The molecule has 0 fully saturated rings. The van der Waals surface area contributed by atoms with Gasteiger partial charge in [0, 0.05) is 17.8 Å². The highest BCUT2D eigenvalue weighted by Crippen LogP contribution is 2.43. The van der Waals surface area contributed by atoms with Crippen molar-refractivity contribution < 1.29 is 31.8 Å². The topological polar surface area (TPSA) is 166 Å². The van der Waals surface area contributed by atoms with Crippen molar-refractivity contribution in [2.75, 3.05) is 24.2 Å². The lowest BCUT2D eigenvalue weighted by molar-refractivity contribution is -0.137. The predicted octanol–water partition coefficient (Wildman–Crippen LogP) is 2.23. The molecule has 3 rings (SSSR count). The van der Waals surface area contributed by atoms with Gasteiger partial charge in [0.25, 0.3) is 0 Å². The molecule has 0 radical (unpaired) electrons. The Kier molecular flexibility index (Phi) is 7.14. The van der Waals surface area contributed by atoms with Crippen molar-refractivity contribution in [2.45, 2.75) is 17.7 Å². The molecule has 1 heterocycles. The number of nitrogen functional groups attached to an aromatic ring is 1. The highest BCUT2D eigenvalue weighted by molar-refractivity contribution is 7.89. The third-order valence-electron chi connectivity index (χ3n) is 4.37. The van der Waals surface area contributed by atoms with Crippen LogP contribution >= 0.6 is 11.6 Å². The fraction of sp³-hybridized carbons (Fsp3) is 0.222. The fourth-order valence-corrected chi connectivity index (χ4v) is 4.61. The van der Waals surface area contributed by atoms with Gasteiger partial charge < -0.3 is 21.3 Å². The van der Waals surface area contributed by atoms with Gasteiger partial charge in [-0.3, -0.25) is 0 Å². The van der Waals surface area contributed by atoms with Crippen LogP contribution in [0, 0.1) is 0 Å². The lowest BCUT2D eigenvalue weighted by Crippen LogP contribution is -2.27. The van der Waals surface area contributed by atoms with Gasteiger partial charge in [-0.15, -0.1) is 5.10 Å². The Bertz CT molecular complexity index is 1270. The highest BCUT2D eigenvalue weighted by Gasteiger charge is 2.36. The molecule has 178 valence electrons. The summed E-state index contributed by atoms with van der Waals surface area (Å²) in [6.07, 6.45) is -4.86. The van der Waals surface area contributed by atoms with Gasteiger partial charge in [-0.05, 0) is 29.3 Å². The number of nitrogens with two attached hydrogens (primary N) is 1. The minimum atomic E-state index is -4.86. The SMILES string of the molecule is Nc1nc(Nc2cc(Cl)c(-c3ccc(CO)c(S(=O)(=O)NCCO)c3)c(C(F)(F)F)c2)n[nH]1. The van der Waals surface area contributed by atoms with E-state index in [2.05, 4.69) is 25.2 Å². The van der Waals surface area contributed by atoms with E-state index in [4.69, 9.17) is 22.4 Å². The lowest BCUT2D eigenvalue weighted by atomic mass is 9.97. The minimum Gasteiger partial charge on any atom is -0.395 e. The molecule has 0 saturated heterocycles. The van der Waals surface area contributed by atoms with Gasteiger partial charge in [0.1, 0.15) is 0 Å². The van der Waals surface area contributed by atoms with E-state index in [-0.39, 0.29) is 40.3 Å². The molecule has 0 aliphatic carbocycles. The first-order chi connectivity index (χ1) is 15.5. The largest absolute Gasteiger partial charge is 0.417 e. The van der Waals surface area contributed by atoms with Crippen molar-refractivity contribution in [3.05, 3.63) is 46.5 Å². The summed E-state index contributed by atoms with van der Waals surface area (Å²) >= 11 is 6.21. The summed E-state index contributed by atoms with van der Waals surface area (Å²) in [5, 5.41) is 26.6. The van der Waals surface area contributed by atoms with Gasteiger partial charge in [0.05, 0.1) is 28.7 Å². The number of nitrogens with one attached hydrogen (secondary N) is 3. The number of hydrogen-bond donors (Lipinski definition) is 6. The zero-order valence-electron chi connectivity index (χ0n) is 16.6. The Labute approximate surface area is 190 Å². The molecule has 15 heteroatoms. The summed E-state index contributed by atoms with van der Waals surface area (Å²) in [6, 6.07) is 5.34. The number of alkyl halides is 3. The Hall–Kier alpha value is -2.91. The van der Waals surface area contributed by atoms with Crippen LogP contribution in [0.15, 0.2) is 35.2 Å². The third-order valence-corrected chi connectivity index (χ3v) is 6.22. The van der Waals surface area contributed by atoms with Gasteiger partial charge in [-0.2, -0.15) is 18.2 Å². The predicted molar refractivity (Wildman–Crippen MR) is 114 cm³/mol. The monoisotopic (exact) mass is 506 g/mol. The Morgan fingerprint density at radius 3 is 2.48 bits per heavy atom. The maximum Gasteiger partial charge on any atom is 0.417 e. The first kappa shape index (κ1) is 24.7. The van der Waals surface area contributed by atoms with E-state index >= 15 is 0 Å². The summed E-state index contributed by atoms with van der Waals surface area (Å²) in [7, 11) is -4.24.